The van der Waals surface area contributed by atoms with Crippen LogP contribution in [0.15, 0.2) is 29.3 Å². The summed E-state index contributed by atoms with van der Waals surface area (Å²) in [6, 6.07) is 7.90. The molecule has 0 saturated carbocycles. The average molecular weight is 502 g/mol. The van der Waals surface area contributed by atoms with Crippen LogP contribution in [0, 0.1) is 5.92 Å². The summed E-state index contributed by atoms with van der Waals surface area (Å²) in [5, 5.41) is 6.38. The molecule has 1 aromatic rings. The van der Waals surface area contributed by atoms with Crippen molar-refractivity contribution < 1.29 is 9.53 Å². The van der Waals surface area contributed by atoms with Gasteiger partial charge in [0.1, 0.15) is 0 Å². The monoisotopic (exact) mass is 502 g/mol. The molecular formula is C21H35IN4O2. The van der Waals surface area contributed by atoms with E-state index in [1.165, 1.54) is 0 Å². The van der Waals surface area contributed by atoms with Crippen molar-refractivity contribution in [2.24, 2.45) is 10.9 Å². The summed E-state index contributed by atoms with van der Waals surface area (Å²) in [5.74, 6) is 1.51. The summed E-state index contributed by atoms with van der Waals surface area (Å²) >= 11 is 0. The van der Waals surface area contributed by atoms with E-state index in [0.29, 0.717) is 18.0 Å². The highest BCUT2D eigenvalue weighted by Gasteiger charge is 2.24. The van der Waals surface area contributed by atoms with E-state index in [4.69, 9.17) is 9.73 Å². The van der Waals surface area contributed by atoms with Gasteiger partial charge >= 0.3 is 0 Å². The van der Waals surface area contributed by atoms with E-state index >= 15 is 0 Å². The van der Waals surface area contributed by atoms with Gasteiger partial charge in [-0.25, -0.2) is 4.99 Å². The first-order valence-corrected chi connectivity index (χ1v) is 9.99. The van der Waals surface area contributed by atoms with Crippen molar-refractivity contribution in [2.75, 3.05) is 33.4 Å². The van der Waals surface area contributed by atoms with Crippen molar-refractivity contribution in [1.29, 1.82) is 0 Å². The lowest BCUT2D eigenvalue weighted by Crippen LogP contribution is -2.40. The van der Waals surface area contributed by atoms with Crippen molar-refractivity contribution in [1.82, 2.24) is 15.5 Å². The lowest BCUT2D eigenvalue weighted by Gasteiger charge is -2.21. The van der Waals surface area contributed by atoms with Crippen LogP contribution < -0.4 is 10.6 Å². The molecule has 28 heavy (non-hydrogen) atoms. The number of nitrogens with zero attached hydrogens (tertiary/aromatic N) is 2. The third-order valence-corrected chi connectivity index (χ3v) is 4.94. The second-order valence-corrected chi connectivity index (χ2v) is 7.21. The number of carbonyl (C=O) groups excluding carboxylic acids is 1. The Hall–Kier alpha value is -1.35. The summed E-state index contributed by atoms with van der Waals surface area (Å²) in [6.07, 6.45) is 2.06. The Morgan fingerprint density at radius 1 is 1.32 bits per heavy atom. The number of rotatable bonds is 8. The highest BCUT2D eigenvalue weighted by atomic mass is 127. The van der Waals surface area contributed by atoms with Crippen LogP contribution in [-0.2, 0) is 11.3 Å². The van der Waals surface area contributed by atoms with Gasteiger partial charge in [0.2, 0.25) is 0 Å². The number of methoxy groups -OCH3 is 1. The van der Waals surface area contributed by atoms with Crippen LogP contribution in [0.1, 0.15) is 49.5 Å². The molecule has 1 fully saturated rings. The van der Waals surface area contributed by atoms with Crippen LogP contribution in [0.4, 0.5) is 0 Å². The predicted molar refractivity (Wildman–Crippen MR) is 125 cm³/mol. The lowest BCUT2D eigenvalue weighted by atomic mass is 10.1. The molecule has 1 heterocycles. The van der Waals surface area contributed by atoms with Crippen molar-refractivity contribution >= 4 is 35.8 Å². The number of aliphatic imine (C=N–C) groups is 1. The van der Waals surface area contributed by atoms with Crippen LogP contribution in [-0.4, -0.2) is 56.2 Å². The van der Waals surface area contributed by atoms with Gasteiger partial charge < -0.3 is 20.3 Å². The third kappa shape index (κ3) is 7.58. The molecule has 1 saturated heterocycles. The normalized spacial score (nSPS) is 17.8. The number of likely N-dealkylation sites (tertiary alicyclic amines) is 1. The number of carbonyl (C=O) groups is 1. The zero-order valence-electron chi connectivity index (χ0n) is 17.5. The van der Waals surface area contributed by atoms with E-state index in [-0.39, 0.29) is 35.9 Å². The van der Waals surface area contributed by atoms with Crippen molar-refractivity contribution in [3.8, 4) is 0 Å². The molecule has 158 valence electrons. The van der Waals surface area contributed by atoms with Gasteiger partial charge in [-0.3, -0.25) is 4.79 Å². The maximum Gasteiger partial charge on any atom is 0.251 e. The number of amides is 1. The van der Waals surface area contributed by atoms with Crippen LogP contribution in [0.2, 0.25) is 0 Å². The fourth-order valence-electron chi connectivity index (χ4n) is 3.16. The molecule has 1 aliphatic rings. The molecule has 0 spiro atoms. The summed E-state index contributed by atoms with van der Waals surface area (Å²) in [4.78, 5) is 19.3. The highest BCUT2D eigenvalue weighted by Crippen LogP contribution is 2.17. The molecule has 2 rings (SSSR count). The molecule has 6 nitrogen and oxygen atoms in total. The fraction of sp³-hybridized carbons (Fsp3) is 0.619. The Morgan fingerprint density at radius 2 is 2.04 bits per heavy atom. The minimum absolute atomic E-state index is 0. The smallest absolute Gasteiger partial charge is 0.251 e. The minimum atomic E-state index is -0.0195. The molecule has 2 atom stereocenters. The van der Waals surface area contributed by atoms with Crippen LogP contribution in [0.3, 0.4) is 0 Å². The van der Waals surface area contributed by atoms with Gasteiger partial charge in [0.25, 0.3) is 5.91 Å². The van der Waals surface area contributed by atoms with Crippen LogP contribution >= 0.6 is 24.0 Å². The molecule has 1 amide bonds. The van der Waals surface area contributed by atoms with Gasteiger partial charge in [-0.1, -0.05) is 19.1 Å². The maximum absolute atomic E-state index is 12.2. The van der Waals surface area contributed by atoms with Gasteiger partial charge in [-0.05, 0) is 44.4 Å². The Balaban J connectivity index is 0.00000392. The zero-order chi connectivity index (χ0) is 19.6. The number of ether oxygens (including phenoxy) is 1. The van der Waals surface area contributed by atoms with Gasteiger partial charge in [-0.2, -0.15) is 0 Å². The number of hydrogen-bond donors (Lipinski definition) is 2. The van der Waals surface area contributed by atoms with Crippen LogP contribution in [0.5, 0.6) is 0 Å². The predicted octanol–water partition coefficient (Wildman–Crippen LogP) is 3.27. The highest BCUT2D eigenvalue weighted by molar-refractivity contribution is 14.0. The first kappa shape index (κ1) is 24.7. The lowest BCUT2D eigenvalue weighted by molar-refractivity contribution is 0.0939. The quantitative estimate of drug-likeness (QED) is 0.326. The fourth-order valence-corrected chi connectivity index (χ4v) is 3.16. The molecule has 1 aliphatic heterocycles. The largest absolute Gasteiger partial charge is 0.384 e. The second kappa shape index (κ2) is 13.0. The molecule has 0 radical (unpaired) electrons. The Kier molecular flexibility index (Phi) is 11.4. The zero-order valence-corrected chi connectivity index (χ0v) is 19.9. The van der Waals surface area contributed by atoms with Gasteiger partial charge in [0.05, 0.1) is 13.2 Å². The van der Waals surface area contributed by atoms with E-state index in [0.717, 1.165) is 50.6 Å². The molecule has 2 unspecified atom stereocenters. The molecule has 0 aromatic heterocycles. The number of nitrogens with one attached hydrogen (secondary N) is 2. The molecule has 1 aromatic carbocycles. The summed E-state index contributed by atoms with van der Waals surface area (Å²) in [6.45, 7) is 10.4. The van der Waals surface area contributed by atoms with Crippen LogP contribution in [0.25, 0.3) is 0 Å². The molecular weight excluding hydrogens is 467 g/mol. The van der Waals surface area contributed by atoms with E-state index in [1.54, 1.807) is 7.11 Å². The van der Waals surface area contributed by atoms with Crippen molar-refractivity contribution in [2.45, 2.75) is 46.2 Å². The van der Waals surface area contributed by atoms with E-state index in [2.05, 4.69) is 29.4 Å². The SMILES string of the molecule is CCNC(=NCc1ccc(C(=O)NC(C)CC)cc1)N1CCC(COC)C1.I. The van der Waals surface area contributed by atoms with E-state index in [9.17, 15) is 4.79 Å². The summed E-state index contributed by atoms with van der Waals surface area (Å²) in [7, 11) is 1.76. The van der Waals surface area contributed by atoms with E-state index in [1.807, 2.05) is 31.2 Å². The van der Waals surface area contributed by atoms with Crippen molar-refractivity contribution in [3.63, 3.8) is 0 Å². The number of benzene rings is 1. The maximum atomic E-state index is 12.2. The average Bonchev–Trinajstić information content (AvgIpc) is 3.14. The van der Waals surface area contributed by atoms with E-state index < -0.39 is 0 Å². The molecule has 0 aliphatic carbocycles. The first-order valence-electron chi connectivity index (χ1n) is 9.99. The first-order chi connectivity index (χ1) is 13.1. The van der Waals surface area contributed by atoms with Gasteiger partial charge in [0.15, 0.2) is 5.96 Å². The molecule has 7 heteroatoms. The molecule has 2 N–H and O–H groups in total. The van der Waals surface area contributed by atoms with Gasteiger partial charge in [0, 0.05) is 44.3 Å². The second-order valence-electron chi connectivity index (χ2n) is 7.21. The Morgan fingerprint density at radius 3 is 2.64 bits per heavy atom. The third-order valence-electron chi connectivity index (χ3n) is 4.94. The molecule has 0 bridgehead atoms. The topological polar surface area (TPSA) is 66.0 Å². The minimum Gasteiger partial charge on any atom is -0.384 e. The van der Waals surface area contributed by atoms with Crippen molar-refractivity contribution in [3.05, 3.63) is 35.4 Å². The van der Waals surface area contributed by atoms with Gasteiger partial charge in [-0.15, -0.1) is 24.0 Å². The number of halogens is 1. The summed E-state index contributed by atoms with van der Waals surface area (Å²) in [5.41, 5.74) is 1.79. The number of hydrogen-bond acceptors (Lipinski definition) is 3. The Labute approximate surface area is 186 Å². The standard InChI is InChI=1S/C21H34N4O2.HI/c1-5-16(3)24-20(26)19-9-7-17(8-10-19)13-23-21(22-6-2)25-12-11-18(14-25)15-27-4;/h7-10,16,18H,5-6,11-15H2,1-4H3,(H,22,23)(H,24,26);1H. The number of guanidine groups is 1. The summed E-state index contributed by atoms with van der Waals surface area (Å²) < 4.78 is 5.29. The Bertz CT molecular complexity index is 621.